The van der Waals surface area contributed by atoms with Gasteiger partial charge in [0.15, 0.2) is 5.65 Å². The molecule has 2 aliphatic heterocycles. The molecular formula is C25H31N5O3. The van der Waals surface area contributed by atoms with Gasteiger partial charge in [0, 0.05) is 32.0 Å². The van der Waals surface area contributed by atoms with Crippen LogP contribution in [-0.4, -0.2) is 50.5 Å². The summed E-state index contributed by atoms with van der Waals surface area (Å²) >= 11 is 0. The number of nitrogens with one attached hydrogen (secondary N) is 1. The van der Waals surface area contributed by atoms with Gasteiger partial charge in [0.1, 0.15) is 5.75 Å². The summed E-state index contributed by atoms with van der Waals surface area (Å²) < 4.78 is 6.95. The first-order valence-electron chi connectivity index (χ1n) is 11.9. The Hall–Kier alpha value is -3.13. The van der Waals surface area contributed by atoms with E-state index in [-0.39, 0.29) is 17.5 Å². The smallest absolute Gasteiger partial charge is 0.277 e. The Morgan fingerprint density at radius 3 is 2.94 bits per heavy atom. The fourth-order valence-electron chi connectivity index (χ4n) is 5.14. The molecule has 2 aromatic heterocycles. The molecular weight excluding hydrogens is 418 g/mol. The summed E-state index contributed by atoms with van der Waals surface area (Å²) in [7, 11) is 1.69. The fraction of sp³-hybridized carbons (Fsp3) is 0.480. The molecule has 1 aromatic carbocycles. The zero-order valence-corrected chi connectivity index (χ0v) is 19.3. The zero-order valence-electron chi connectivity index (χ0n) is 19.3. The van der Waals surface area contributed by atoms with E-state index >= 15 is 0 Å². The van der Waals surface area contributed by atoms with Crippen molar-refractivity contribution in [1.82, 2.24) is 24.4 Å². The number of H-pyrrole nitrogens is 1. The van der Waals surface area contributed by atoms with Gasteiger partial charge in [-0.2, -0.15) is 0 Å². The van der Waals surface area contributed by atoms with Gasteiger partial charge in [-0.25, -0.2) is 9.50 Å². The molecule has 0 radical (unpaired) electrons. The lowest BCUT2D eigenvalue weighted by Crippen LogP contribution is -2.40. The molecule has 5 rings (SSSR count). The van der Waals surface area contributed by atoms with Gasteiger partial charge < -0.3 is 9.64 Å². The van der Waals surface area contributed by atoms with Crippen LogP contribution in [-0.2, 0) is 24.3 Å². The average molecular weight is 450 g/mol. The molecule has 2 aliphatic rings. The molecule has 0 bridgehead atoms. The van der Waals surface area contributed by atoms with Gasteiger partial charge in [-0.3, -0.25) is 19.6 Å². The minimum absolute atomic E-state index is 0.0766. The lowest BCUT2D eigenvalue weighted by molar-refractivity contribution is -0.131. The van der Waals surface area contributed by atoms with Crippen LogP contribution < -0.4 is 10.3 Å². The van der Waals surface area contributed by atoms with E-state index in [1.807, 2.05) is 25.1 Å². The Morgan fingerprint density at radius 2 is 2.12 bits per heavy atom. The number of carbonyl (C=O) groups is 1. The number of amides is 1. The topological polar surface area (TPSA) is 82.9 Å². The van der Waals surface area contributed by atoms with Crippen molar-refractivity contribution in [2.75, 3.05) is 20.2 Å². The maximum atomic E-state index is 13.3. The number of piperidine rings is 1. The normalized spacial score (nSPS) is 19.0. The maximum absolute atomic E-state index is 13.3. The van der Waals surface area contributed by atoms with Gasteiger partial charge in [-0.05, 0) is 37.1 Å². The van der Waals surface area contributed by atoms with Gasteiger partial charge in [0.05, 0.1) is 36.6 Å². The zero-order chi connectivity index (χ0) is 22.9. The predicted molar refractivity (Wildman–Crippen MR) is 125 cm³/mol. The highest BCUT2D eigenvalue weighted by atomic mass is 16.5. The molecule has 1 saturated heterocycles. The van der Waals surface area contributed by atoms with E-state index < -0.39 is 0 Å². The molecule has 1 fully saturated rings. The van der Waals surface area contributed by atoms with Gasteiger partial charge >= 0.3 is 0 Å². The predicted octanol–water partition coefficient (Wildman–Crippen LogP) is 3.05. The fourth-order valence-corrected chi connectivity index (χ4v) is 5.14. The minimum atomic E-state index is -0.0926. The van der Waals surface area contributed by atoms with E-state index in [1.165, 1.54) is 5.56 Å². The Kier molecular flexibility index (Phi) is 5.93. The van der Waals surface area contributed by atoms with E-state index in [1.54, 1.807) is 16.5 Å². The lowest BCUT2D eigenvalue weighted by atomic mass is 9.98. The molecule has 8 heteroatoms. The molecule has 0 spiro atoms. The third-order valence-corrected chi connectivity index (χ3v) is 6.93. The van der Waals surface area contributed by atoms with E-state index in [0.717, 1.165) is 49.5 Å². The second kappa shape index (κ2) is 9.02. The van der Waals surface area contributed by atoms with Crippen molar-refractivity contribution in [3.63, 3.8) is 0 Å². The van der Waals surface area contributed by atoms with Crippen LogP contribution in [0.25, 0.3) is 5.65 Å². The highest BCUT2D eigenvalue weighted by Gasteiger charge is 2.28. The van der Waals surface area contributed by atoms with E-state index in [2.05, 4.69) is 22.1 Å². The van der Waals surface area contributed by atoms with Crippen molar-refractivity contribution < 1.29 is 9.53 Å². The van der Waals surface area contributed by atoms with Crippen LogP contribution >= 0.6 is 0 Å². The number of fused-ring (bicyclic) bond motifs is 2. The van der Waals surface area contributed by atoms with E-state index in [0.29, 0.717) is 37.1 Å². The Balaban J connectivity index is 1.45. The average Bonchev–Trinajstić information content (AvgIpc) is 3.28. The highest BCUT2D eigenvalue weighted by Crippen LogP contribution is 2.32. The number of ether oxygens (including phenoxy) is 1. The van der Waals surface area contributed by atoms with Crippen LogP contribution in [0.15, 0.2) is 35.1 Å². The van der Waals surface area contributed by atoms with E-state index in [4.69, 9.17) is 9.72 Å². The van der Waals surface area contributed by atoms with Crippen molar-refractivity contribution in [2.45, 2.75) is 58.2 Å². The summed E-state index contributed by atoms with van der Waals surface area (Å²) in [5.74, 6) is 0.941. The van der Waals surface area contributed by atoms with Crippen LogP contribution in [0.2, 0.25) is 0 Å². The second-order valence-corrected chi connectivity index (χ2v) is 9.00. The van der Waals surface area contributed by atoms with Crippen LogP contribution in [0.4, 0.5) is 0 Å². The quantitative estimate of drug-likeness (QED) is 0.647. The number of aromatic amines is 1. The molecule has 4 heterocycles. The summed E-state index contributed by atoms with van der Waals surface area (Å²) in [4.78, 5) is 34.5. The molecule has 3 aromatic rings. The number of methoxy groups -OCH3 is 1. The molecule has 8 nitrogen and oxygen atoms in total. The third kappa shape index (κ3) is 4.15. The van der Waals surface area contributed by atoms with Crippen LogP contribution in [0.1, 0.15) is 61.2 Å². The molecule has 174 valence electrons. The molecule has 1 amide bonds. The first-order valence-corrected chi connectivity index (χ1v) is 11.9. The second-order valence-electron chi connectivity index (χ2n) is 9.00. The maximum Gasteiger partial charge on any atom is 0.277 e. The lowest BCUT2D eigenvalue weighted by Gasteiger charge is -2.35. The van der Waals surface area contributed by atoms with Crippen LogP contribution in [0.3, 0.4) is 0 Å². The molecule has 1 atom stereocenters. The molecule has 1 N–H and O–H groups in total. The minimum Gasteiger partial charge on any atom is -0.497 e. The number of aromatic nitrogens is 3. The third-order valence-electron chi connectivity index (χ3n) is 6.93. The number of hydrogen-bond acceptors (Lipinski definition) is 5. The molecule has 0 aliphatic carbocycles. The Bertz CT molecular complexity index is 1230. The molecule has 0 saturated carbocycles. The Labute approximate surface area is 193 Å². The van der Waals surface area contributed by atoms with Gasteiger partial charge in [0.2, 0.25) is 5.91 Å². The van der Waals surface area contributed by atoms with Gasteiger partial charge in [0.25, 0.3) is 5.56 Å². The van der Waals surface area contributed by atoms with E-state index in [9.17, 15) is 9.59 Å². The van der Waals surface area contributed by atoms with Crippen molar-refractivity contribution >= 4 is 11.6 Å². The summed E-state index contributed by atoms with van der Waals surface area (Å²) in [5, 5.41) is 3.35. The standard InChI is InChI=1S/C25H31N5O3/c1-3-24(31)29-12-10-20-19(16-29)25(32)30-23(26-20)14-21(27-30)22-9-4-5-11-28(22)15-17-7-6-8-18(13-17)33-2/h6-8,13-14,22,27H,3-5,9-12,15-16H2,1-2H3/t22-/m1/s1. The van der Waals surface area contributed by atoms with Crippen molar-refractivity contribution in [3.05, 3.63) is 63.2 Å². The first kappa shape index (κ1) is 21.7. The van der Waals surface area contributed by atoms with Gasteiger partial charge in [-0.15, -0.1) is 0 Å². The number of carbonyl (C=O) groups excluding carboxylic acids is 1. The summed E-state index contributed by atoms with van der Waals surface area (Å²) in [5.41, 5.74) is 4.25. The summed E-state index contributed by atoms with van der Waals surface area (Å²) in [6, 6.07) is 10.4. The Morgan fingerprint density at radius 1 is 1.24 bits per heavy atom. The monoisotopic (exact) mass is 449 g/mol. The number of benzene rings is 1. The van der Waals surface area contributed by atoms with Crippen LogP contribution in [0, 0.1) is 0 Å². The number of hydrogen-bond donors (Lipinski definition) is 1. The molecule has 33 heavy (non-hydrogen) atoms. The number of rotatable bonds is 5. The van der Waals surface area contributed by atoms with Crippen molar-refractivity contribution in [1.29, 1.82) is 0 Å². The van der Waals surface area contributed by atoms with Gasteiger partial charge in [-0.1, -0.05) is 25.5 Å². The molecule has 0 unspecified atom stereocenters. The van der Waals surface area contributed by atoms with Crippen molar-refractivity contribution in [3.8, 4) is 5.75 Å². The van der Waals surface area contributed by atoms with Crippen molar-refractivity contribution in [2.24, 2.45) is 0 Å². The first-order chi connectivity index (χ1) is 16.1. The van der Waals surface area contributed by atoms with Crippen LogP contribution in [0.5, 0.6) is 5.75 Å². The summed E-state index contributed by atoms with van der Waals surface area (Å²) in [6.07, 6.45) is 4.42. The largest absolute Gasteiger partial charge is 0.497 e. The summed E-state index contributed by atoms with van der Waals surface area (Å²) in [6.45, 7) is 4.65. The SMILES string of the molecule is CCC(=O)N1CCc2nc3cc([C@H]4CCCCN4Cc4cccc(OC)c4)[nH]n3c(=O)c2C1. The number of likely N-dealkylation sites (tertiary alicyclic amines) is 1. The number of nitrogens with zero attached hydrogens (tertiary/aromatic N) is 4. The highest BCUT2D eigenvalue weighted by molar-refractivity contribution is 5.76.